The van der Waals surface area contributed by atoms with E-state index >= 15 is 0 Å². The maximum Gasteiger partial charge on any atom is 0.401 e. The highest BCUT2D eigenvalue weighted by atomic mass is 19.4. The average Bonchev–Trinajstić information content (AvgIpc) is 2.45. The van der Waals surface area contributed by atoms with Crippen LogP contribution in [0.2, 0.25) is 0 Å². The van der Waals surface area contributed by atoms with Crippen LogP contribution in [0, 0.1) is 0 Å². The van der Waals surface area contributed by atoms with Crippen LogP contribution in [-0.2, 0) is 4.79 Å². The SMILES string of the molecule is NC(=O)C1(NCC(F)(F)F)CCCCC1c1ccccc1. The lowest BCUT2D eigenvalue weighted by atomic mass is 9.69. The molecule has 1 fully saturated rings. The van der Waals surface area contributed by atoms with Gasteiger partial charge in [-0.25, -0.2) is 0 Å². The Morgan fingerprint density at radius 1 is 1.29 bits per heavy atom. The number of amides is 1. The zero-order valence-corrected chi connectivity index (χ0v) is 11.6. The van der Waals surface area contributed by atoms with Gasteiger partial charge >= 0.3 is 6.18 Å². The number of hydrogen-bond acceptors (Lipinski definition) is 2. The molecule has 0 heterocycles. The zero-order valence-electron chi connectivity index (χ0n) is 11.6. The van der Waals surface area contributed by atoms with Crippen LogP contribution in [0.4, 0.5) is 13.2 Å². The summed E-state index contributed by atoms with van der Waals surface area (Å²) in [4.78, 5) is 12.0. The van der Waals surface area contributed by atoms with Crippen molar-refractivity contribution in [1.29, 1.82) is 0 Å². The van der Waals surface area contributed by atoms with E-state index in [1.807, 2.05) is 30.3 Å². The molecule has 116 valence electrons. The van der Waals surface area contributed by atoms with Crippen LogP contribution >= 0.6 is 0 Å². The summed E-state index contributed by atoms with van der Waals surface area (Å²) in [6.07, 6.45) is -1.82. The molecule has 0 radical (unpaired) electrons. The van der Waals surface area contributed by atoms with E-state index in [1.54, 1.807) is 0 Å². The predicted octanol–water partition coefficient (Wildman–Crippen LogP) is 2.72. The molecule has 6 heteroatoms. The molecule has 1 aromatic rings. The first-order chi connectivity index (χ1) is 9.85. The van der Waals surface area contributed by atoms with E-state index in [2.05, 4.69) is 5.32 Å². The van der Waals surface area contributed by atoms with Crippen molar-refractivity contribution in [3.05, 3.63) is 35.9 Å². The van der Waals surface area contributed by atoms with Gasteiger partial charge in [0, 0.05) is 5.92 Å². The third-order valence-corrected chi connectivity index (χ3v) is 4.15. The van der Waals surface area contributed by atoms with Crippen LogP contribution < -0.4 is 11.1 Å². The molecular weight excluding hydrogens is 281 g/mol. The summed E-state index contributed by atoms with van der Waals surface area (Å²) in [5.41, 5.74) is 5.02. The first-order valence-electron chi connectivity index (χ1n) is 7.02. The van der Waals surface area contributed by atoms with E-state index < -0.39 is 24.2 Å². The lowest BCUT2D eigenvalue weighted by molar-refractivity contribution is -0.138. The summed E-state index contributed by atoms with van der Waals surface area (Å²) in [7, 11) is 0. The molecule has 0 aliphatic heterocycles. The van der Waals surface area contributed by atoms with Crippen molar-refractivity contribution in [2.45, 2.75) is 43.3 Å². The molecule has 21 heavy (non-hydrogen) atoms. The summed E-state index contributed by atoms with van der Waals surface area (Å²) in [6.45, 7) is -1.21. The molecule has 1 aliphatic carbocycles. The van der Waals surface area contributed by atoms with Gasteiger partial charge in [-0.15, -0.1) is 0 Å². The Morgan fingerprint density at radius 3 is 2.52 bits per heavy atom. The minimum absolute atomic E-state index is 0.327. The fourth-order valence-corrected chi connectivity index (χ4v) is 3.16. The molecule has 1 aliphatic rings. The van der Waals surface area contributed by atoms with Crippen LogP contribution in [0.25, 0.3) is 0 Å². The summed E-state index contributed by atoms with van der Waals surface area (Å²) in [5, 5.41) is 2.42. The second kappa shape index (κ2) is 6.05. The summed E-state index contributed by atoms with van der Waals surface area (Å²) in [5.74, 6) is -1.03. The van der Waals surface area contributed by atoms with Crippen LogP contribution in [0.5, 0.6) is 0 Å². The Hall–Kier alpha value is -1.56. The third kappa shape index (κ3) is 3.56. The van der Waals surface area contributed by atoms with Crippen molar-refractivity contribution < 1.29 is 18.0 Å². The van der Waals surface area contributed by atoms with Gasteiger partial charge in [-0.1, -0.05) is 43.2 Å². The van der Waals surface area contributed by atoms with Gasteiger partial charge < -0.3 is 5.73 Å². The highest BCUT2D eigenvalue weighted by Gasteiger charge is 2.47. The number of alkyl halides is 3. The minimum atomic E-state index is -4.37. The molecule has 0 aromatic heterocycles. The first-order valence-corrected chi connectivity index (χ1v) is 7.02. The molecule has 0 spiro atoms. The van der Waals surface area contributed by atoms with Crippen LogP contribution in [0.15, 0.2) is 30.3 Å². The van der Waals surface area contributed by atoms with Gasteiger partial charge in [0.05, 0.1) is 6.54 Å². The number of nitrogens with two attached hydrogens (primary N) is 1. The number of carbonyl (C=O) groups excluding carboxylic acids is 1. The normalized spacial score (nSPS) is 26.5. The Labute approximate surface area is 121 Å². The number of rotatable bonds is 4. The molecule has 2 unspecified atom stereocenters. The number of nitrogens with one attached hydrogen (secondary N) is 1. The molecule has 3 N–H and O–H groups in total. The molecule has 1 saturated carbocycles. The fraction of sp³-hybridized carbons (Fsp3) is 0.533. The number of halogens is 3. The van der Waals surface area contributed by atoms with E-state index in [0.29, 0.717) is 19.3 Å². The van der Waals surface area contributed by atoms with Crippen LogP contribution in [0.3, 0.4) is 0 Å². The maximum atomic E-state index is 12.6. The third-order valence-electron chi connectivity index (χ3n) is 4.15. The highest BCUT2D eigenvalue weighted by Crippen LogP contribution is 2.41. The first kappa shape index (κ1) is 15.8. The largest absolute Gasteiger partial charge is 0.401 e. The van der Waals surface area contributed by atoms with Gasteiger partial charge in [0.2, 0.25) is 5.91 Å². The quantitative estimate of drug-likeness (QED) is 0.898. The summed E-state index contributed by atoms with van der Waals surface area (Å²) in [6, 6.07) is 9.15. The van der Waals surface area contributed by atoms with Gasteiger partial charge in [-0.2, -0.15) is 13.2 Å². The minimum Gasteiger partial charge on any atom is -0.368 e. The molecule has 0 saturated heterocycles. The Kier molecular flexibility index (Phi) is 4.56. The zero-order chi connectivity index (χ0) is 15.5. The Balaban J connectivity index is 2.32. The molecule has 0 bridgehead atoms. The average molecular weight is 300 g/mol. The summed E-state index contributed by atoms with van der Waals surface area (Å²) >= 11 is 0. The number of carbonyl (C=O) groups is 1. The summed E-state index contributed by atoms with van der Waals surface area (Å²) < 4.78 is 37.7. The second-order valence-corrected chi connectivity index (χ2v) is 5.51. The maximum absolute atomic E-state index is 12.6. The monoisotopic (exact) mass is 300 g/mol. The van der Waals surface area contributed by atoms with Crippen molar-refractivity contribution >= 4 is 5.91 Å². The molecule has 1 aromatic carbocycles. The van der Waals surface area contributed by atoms with Crippen molar-refractivity contribution in [1.82, 2.24) is 5.32 Å². The lowest BCUT2D eigenvalue weighted by Crippen LogP contribution is -2.62. The van der Waals surface area contributed by atoms with Crippen LogP contribution in [0.1, 0.15) is 37.2 Å². The standard InChI is InChI=1S/C15H19F3N2O/c16-15(17,18)10-20-14(13(19)21)9-5-4-8-12(14)11-6-2-1-3-7-11/h1-3,6-7,12,20H,4-5,8-10H2,(H2,19,21). The lowest BCUT2D eigenvalue weighted by Gasteiger charge is -2.43. The molecule has 3 nitrogen and oxygen atoms in total. The molecule has 1 amide bonds. The number of benzene rings is 1. The van der Waals surface area contributed by atoms with Gasteiger partial charge in [0.15, 0.2) is 0 Å². The molecular formula is C15H19F3N2O. The van der Waals surface area contributed by atoms with Crippen molar-refractivity contribution in [3.8, 4) is 0 Å². The van der Waals surface area contributed by atoms with Gasteiger partial charge in [0.25, 0.3) is 0 Å². The van der Waals surface area contributed by atoms with E-state index in [4.69, 9.17) is 5.73 Å². The van der Waals surface area contributed by atoms with Crippen molar-refractivity contribution in [3.63, 3.8) is 0 Å². The Morgan fingerprint density at radius 2 is 1.95 bits per heavy atom. The molecule has 2 rings (SSSR count). The Bertz CT molecular complexity index is 489. The predicted molar refractivity (Wildman–Crippen MR) is 73.6 cm³/mol. The van der Waals surface area contributed by atoms with Crippen LogP contribution in [-0.4, -0.2) is 24.2 Å². The smallest absolute Gasteiger partial charge is 0.368 e. The van der Waals surface area contributed by atoms with E-state index in [0.717, 1.165) is 12.0 Å². The van der Waals surface area contributed by atoms with E-state index in [-0.39, 0.29) is 5.92 Å². The second-order valence-electron chi connectivity index (χ2n) is 5.51. The number of primary amides is 1. The van der Waals surface area contributed by atoms with Gasteiger partial charge in [0.1, 0.15) is 5.54 Å². The van der Waals surface area contributed by atoms with Gasteiger partial charge in [-0.3, -0.25) is 10.1 Å². The van der Waals surface area contributed by atoms with E-state index in [9.17, 15) is 18.0 Å². The fourth-order valence-electron chi connectivity index (χ4n) is 3.16. The van der Waals surface area contributed by atoms with E-state index in [1.165, 1.54) is 0 Å². The number of hydrogen-bond donors (Lipinski definition) is 2. The van der Waals surface area contributed by atoms with Crippen molar-refractivity contribution in [2.24, 2.45) is 5.73 Å². The highest BCUT2D eigenvalue weighted by molar-refractivity contribution is 5.86. The molecule has 2 atom stereocenters. The van der Waals surface area contributed by atoms with Gasteiger partial charge in [-0.05, 0) is 18.4 Å². The van der Waals surface area contributed by atoms with Crippen molar-refractivity contribution in [2.75, 3.05) is 6.54 Å². The topological polar surface area (TPSA) is 55.1 Å².